The number of esters is 1. The molecule has 4 nitrogen and oxygen atoms in total. The molecule has 0 fully saturated rings. The summed E-state index contributed by atoms with van der Waals surface area (Å²) in [6.45, 7) is 9.71. The van der Waals surface area contributed by atoms with E-state index in [0.717, 1.165) is 16.2 Å². The van der Waals surface area contributed by atoms with Crippen LogP contribution in [0.1, 0.15) is 17.4 Å². The van der Waals surface area contributed by atoms with E-state index in [4.69, 9.17) is 11.3 Å². The predicted octanol–water partition coefficient (Wildman–Crippen LogP) is 5.87. The summed E-state index contributed by atoms with van der Waals surface area (Å²) < 4.78 is 7.00. The SMILES string of the molecule is [C-]#[N+]c1c(-c2ccc(-c3cccs3)cc2)c(C(=O)OCC)n(C)c1SC. The molecule has 0 spiro atoms. The first-order valence-electron chi connectivity index (χ1n) is 8.07. The van der Waals surface area contributed by atoms with E-state index in [1.54, 1.807) is 29.9 Å². The minimum Gasteiger partial charge on any atom is -0.461 e. The van der Waals surface area contributed by atoms with Crippen molar-refractivity contribution >= 4 is 34.8 Å². The van der Waals surface area contributed by atoms with Gasteiger partial charge in [-0.2, -0.15) is 0 Å². The van der Waals surface area contributed by atoms with Gasteiger partial charge in [0.1, 0.15) is 5.69 Å². The van der Waals surface area contributed by atoms with Crippen molar-refractivity contribution in [3.8, 4) is 21.6 Å². The van der Waals surface area contributed by atoms with E-state index >= 15 is 0 Å². The van der Waals surface area contributed by atoms with Gasteiger partial charge in [-0.05, 0) is 35.8 Å². The van der Waals surface area contributed by atoms with E-state index in [2.05, 4.69) is 10.9 Å². The van der Waals surface area contributed by atoms with Crippen molar-refractivity contribution in [2.45, 2.75) is 11.9 Å². The van der Waals surface area contributed by atoms with E-state index in [1.165, 1.54) is 16.6 Å². The molecule has 132 valence electrons. The second-order valence-electron chi connectivity index (χ2n) is 5.53. The smallest absolute Gasteiger partial charge is 0.354 e. The molecule has 3 aromatic rings. The molecule has 2 aromatic heterocycles. The van der Waals surface area contributed by atoms with Crippen LogP contribution in [0, 0.1) is 6.57 Å². The second-order valence-corrected chi connectivity index (χ2v) is 7.27. The largest absolute Gasteiger partial charge is 0.461 e. The minimum absolute atomic E-state index is 0.294. The van der Waals surface area contributed by atoms with Gasteiger partial charge >= 0.3 is 5.97 Å². The van der Waals surface area contributed by atoms with E-state index in [0.29, 0.717) is 23.6 Å². The van der Waals surface area contributed by atoms with Gasteiger partial charge in [-0.3, -0.25) is 0 Å². The van der Waals surface area contributed by atoms with Crippen LogP contribution >= 0.6 is 23.1 Å². The summed E-state index contributed by atoms with van der Waals surface area (Å²) in [5.41, 5.74) is 3.52. The summed E-state index contributed by atoms with van der Waals surface area (Å²) >= 11 is 3.14. The molecule has 0 amide bonds. The molecular weight excluding hydrogens is 364 g/mol. The maximum atomic E-state index is 12.6. The van der Waals surface area contributed by atoms with E-state index < -0.39 is 5.97 Å². The molecule has 0 N–H and O–H groups in total. The lowest BCUT2D eigenvalue weighted by atomic mass is 10.0. The Balaban J connectivity index is 2.17. The molecule has 0 saturated carbocycles. The number of ether oxygens (including phenoxy) is 1. The zero-order chi connectivity index (χ0) is 18.7. The summed E-state index contributed by atoms with van der Waals surface area (Å²) in [7, 11) is 1.80. The first kappa shape index (κ1) is 18.3. The van der Waals surface area contributed by atoms with E-state index in [-0.39, 0.29) is 0 Å². The molecule has 0 saturated heterocycles. The molecule has 0 aliphatic heterocycles. The first-order chi connectivity index (χ1) is 12.6. The average Bonchev–Trinajstić information content (AvgIpc) is 3.27. The Hall–Kier alpha value is -2.49. The number of aromatic nitrogens is 1. The maximum Gasteiger partial charge on any atom is 0.354 e. The Morgan fingerprint density at radius 2 is 1.96 bits per heavy atom. The third-order valence-electron chi connectivity index (χ3n) is 4.07. The maximum absolute atomic E-state index is 12.6. The van der Waals surface area contributed by atoms with Crippen molar-refractivity contribution in [2.75, 3.05) is 12.9 Å². The number of carbonyl (C=O) groups excluding carboxylic acids is 1. The van der Waals surface area contributed by atoms with Crippen molar-refractivity contribution in [3.05, 3.63) is 58.9 Å². The second kappa shape index (κ2) is 7.81. The first-order valence-corrected chi connectivity index (χ1v) is 10.2. The molecule has 0 bridgehead atoms. The third-order valence-corrected chi connectivity index (χ3v) is 5.84. The van der Waals surface area contributed by atoms with Gasteiger partial charge < -0.3 is 9.30 Å². The standard InChI is InChI=1S/C20H18N2O2S2/c1-5-24-20(23)18-16(17(21-2)19(25-4)22(18)3)14-10-8-13(9-11-14)15-7-6-12-26-15/h6-12H,5H2,1,3-4H3. The van der Waals surface area contributed by atoms with Gasteiger partial charge in [-0.25, -0.2) is 9.64 Å². The van der Waals surface area contributed by atoms with Crippen molar-refractivity contribution in [3.63, 3.8) is 0 Å². The fourth-order valence-corrected chi connectivity index (χ4v) is 4.38. The summed E-state index contributed by atoms with van der Waals surface area (Å²) in [6.07, 6.45) is 1.91. The monoisotopic (exact) mass is 382 g/mol. The Morgan fingerprint density at radius 3 is 2.50 bits per heavy atom. The van der Waals surface area contributed by atoms with Crippen LogP contribution in [0.4, 0.5) is 5.69 Å². The Labute approximate surface area is 161 Å². The molecule has 2 heterocycles. The molecule has 1 aromatic carbocycles. The predicted molar refractivity (Wildman–Crippen MR) is 108 cm³/mol. The van der Waals surface area contributed by atoms with Crippen molar-refractivity contribution in [1.82, 2.24) is 4.57 Å². The van der Waals surface area contributed by atoms with Crippen LogP contribution < -0.4 is 0 Å². The highest BCUT2D eigenvalue weighted by molar-refractivity contribution is 7.98. The highest BCUT2D eigenvalue weighted by Gasteiger charge is 2.27. The van der Waals surface area contributed by atoms with Gasteiger partial charge in [0, 0.05) is 17.5 Å². The van der Waals surface area contributed by atoms with Gasteiger partial charge in [-0.1, -0.05) is 30.3 Å². The fraction of sp³-hybridized carbons (Fsp3) is 0.200. The fourth-order valence-electron chi connectivity index (χ4n) is 2.94. The lowest BCUT2D eigenvalue weighted by Crippen LogP contribution is -2.11. The highest BCUT2D eigenvalue weighted by Crippen LogP contribution is 2.43. The topological polar surface area (TPSA) is 35.6 Å². The number of nitrogens with zero attached hydrogens (tertiary/aromatic N) is 2. The minimum atomic E-state index is -0.405. The summed E-state index contributed by atoms with van der Waals surface area (Å²) in [6, 6.07) is 12.1. The van der Waals surface area contributed by atoms with Crippen molar-refractivity contribution in [1.29, 1.82) is 0 Å². The molecular formula is C20H18N2O2S2. The van der Waals surface area contributed by atoms with Crippen LogP contribution in [0.15, 0.2) is 46.8 Å². The molecule has 0 radical (unpaired) electrons. The Morgan fingerprint density at radius 1 is 1.27 bits per heavy atom. The van der Waals surface area contributed by atoms with E-state index in [9.17, 15) is 4.79 Å². The third kappa shape index (κ3) is 3.16. The van der Waals surface area contributed by atoms with Crippen LogP contribution in [0.3, 0.4) is 0 Å². The zero-order valence-corrected chi connectivity index (χ0v) is 16.4. The molecule has 0 atom stereocenters. The van der Waals surface area contributed by atoms with Gasteiger partial charge in [0.25, 0.3) is 0 Å². The number of thioether (sulfide) groups is 1. The lowest BCUT2D eigenvalue weighted by Gasteiger charge is -2.09. The number of hydrogen-bond donors (Lipinski definition) is 0. The van der Waals surface area contributed by atoms with Crippen LogP contribution in [0.2, 0.25) is 0 Å². The van der Waals surface area contributed by atoms with Crippen molar-refractivity contribution in [2.24, 2.45) is 7.05 Å². The van der Waals surface area contributed by atoms with E-state index in [1.807, 2.05) is 42.0 Å². The van der Waals surface area contributed by atoms with Crippen LogP contribution in [0.5, 0.6) is 0 Å². The summed E-state index contributed by atoms with van der Waals surface area (Å²) in [5.74, 6) is -0.405. The number of rotatable bonds is 5. The lowest BCUT2D eigenvalue weighted by molar-refractivity contribution is 0.0515. The van der Waals surface area contributed by atoms with Gasteiger partial charge in [0.05, 0.1) is 18.2 Å². The normalized spacial score (nSPS) is 10.5. The summed E-state index contributed by atoms with van der Waals surface area (Å²) in [5, 5.41) is 2.81. The number of benzene rings is 1. The Kier molecular flexibility index (Phi) is 5.50. The molecule has 6 heteroatoms. The molecule has 0 aliphatic carbocycles. The molecule has 26 heavy (non-hydrogen) atoms. The number of thiophene rings is 1. The van der Waals surface area contributed by atoms with Crippen LogP contribution in [-0.4, -0.2) is 23.4 Å². The molecule has 0 aliphatic rings. The Bertz CT molecular complexity index is 965. The molecule has 3 rings (SSSR count). The van der Waals surface area contributed by atoms with Gasteiger partial charge in [0.2, 0.25) is 5.69 Å². The van der Waals surface area contributed by atoms with Gasteiger partial charge in [0.15, 0.2) is 0 Å². The summed E-state index contributed by atoms with van der Waals surface area (Å²) in [4.78, 5) is 17.5. The van der Waals surface area contributed by atoms with Gasteiger partial charge in [-0.15, -0.1) is 23.1 Å². The number of hydrogen-bond acceptors (Lipinski definition) is 4. The van der Waals surface area contributed by atoms with Crippen LogP contribution in [-0.2, 0) is 11.8 Å². The van der Waals surface area contributed by atoms with Crippen LogP contribution in [0.25, 0.3) is 26.4 Å². The number of carbonyl (C=O) groups is 1. The zero-order valence-electron chi connectivity index (χ0n) is 14.8. The quantitative estimate of drug-likeness (QED) is 0.314. The highest BCUT2D eigenvalue weighted by atomic mass is 32.2. The molecule has 0 unspecified atom stereocenters. The van der Waals surface area contributed by atoms with Crippen molar-refractivity contribution < 1.29 is 9.53 Å². The average molecular weight is 383 g/mol.